The number of hydrogen-bond acceptors (Lipinski definition) is 6. The summed E-state index contributed by atoms with van der Waals surface area (Å²) in [5.74, 6) is 0. The highest BCUT2D eigenvalue weighted by atomic mass is 32.2. The predicted octanol–water partition coefficient (Wildman–Crippen LogP) is 6.29. The van der Waals surface area contributed by atoms with E-state index in [-0.39, 0.29) is 21.5 Å². The largest absolute Gasteiger partial charge is 0.340 e. The van der Waals surface area contributed by atoms with Crippen molar-refractivity contribution >= 4 is 52.1 Å². The van der Waals surface area contributed by atoms with E-state index in [1.807, 2.05) is 19.2 Å². The van der Waals surface area contributed by atoms with Gasteiger partial charge in [0.05, 0.1) is 16.3 Å². The smallest absolute Gasteiger partial charge is 0.287 e. The van der Waals surface area contributed by atoms with Crippen LogP contribution in [0.3, 0.4) is 0 Å². The van der Waals surface area contributed by atoms with Crippen LogP contribution in [0.1, 0.15) is 58.2 Å². The molecule has 3 heterocycles. The van der Waals surface area contributed by atoms with E-state index >= 15 is 0 Å². The fourth-order valence-corrected chi connectivity index (χ4v) is 8.92. The summed E-state index contributed by atoms with van der Waals surface area (Å²) in [6.45, 7) is 6.42. The molecule has 1 atom stereocenters. The molecule has 1 spiro atoms. The minimum atomic E-state index is -0.926. The van der Waals surface area contributed by atoms with Crippen molar-refractivity contribution in [3.05, 3.63) is 45.0 Å². The first-order valence-corrected chi connectivity index (χ1v) is 13.7. The molecular weight excluding hydrogens is 449 g/mol. The van der Waals surface area contributed by atoms with Gasteiger partial charge in [0.25, 0.3) is 5.42 Å². The van der Waals surface area contributed by atoms with Gasteiger partial charge in [-0.3, -0.25) is 14.9 Å². The minimum absolute atomic E-state index is 0.0223. The number of fused-ring (bicyclic) bond motifs is 2. The molecule has 2 aliphatic heterocycles. The molecule has 1 aliphatic carbocycles. The third-order valence-corrected chi connectivity index (χ3v) is 11.0. The van der Waals surface area contributed by atoms with Gasteiger partial charge < -0.3 is 9.80 Å². The zero-order valence-corrected chi connectivity index (χ0v) is 20.9. The number of carbonyl (C=O) groups excluding carboxylic acids is 1. The normalized spacial score (nSPS) is 22.9. The molecule has 1 aromatic heterocycles. The van der Waals surface area contributed by atoms with Gasteiger partial charge in [0.15, 0.2) is 0 Å². The molecule has 0 N–H and O–H groups in total. The van der Waals surface area contributed by atoms with Crippen LogP contribution < -0.4 is 4.90 Å². The number of thioether (sulfide) groups is 1. The number of anilines is 1. The van der Waals surface area contributed by atoms with E-state index in [4.69, 9.17) is 12.2 Å². The van der Waals surface area contributed by atoms with Gasteiger partial charge >= 0.3 is 0 Å². The van der Waals surface area contributed by atoms with Crippen LogP contribution in [0.25, 0.3) is 0 Å². The summed E-state index contributed by atoms with van der Waals surface area (Å²) in [6, 6.07) is 2.13. The van der Waals surface area contributed by atoms with E-state index in [0.29, 0.717) is 15.4 Å². The monoisotopic (exact) mass is 477 g/mol. The Morgan fingerprint density at radius 2 is 2.00 bits per heavy atom. The number of nitro groups is 1. The molecular formula is C22H28N3O3PS2. The van der Waals surface area contributed by atoms with Crippen molar-refractivity contribution in [2.24, 2.45) is 0 Å². The summed E-state index contributed by atoms with van der Waals surface area (Å²) >= 11 is 6.37. The first kappa shape index (κ1) is 22.6. The van der Waals surface area contributed by atoms with Crippen LogP contribution >= 0.6 is 31.5 Å². The first-order valence-electron chi connectivity index (χ1n) is 10.9. The summed E-state index contributed by atoms with van der Waals surface area (Å²) in [5.41, 5.74) is 3.16. The Hall–Kier alpha value is -1.63. The highest BCUT2D eigenvalue weighted by Crippen LogP contribution is 2.69. The van der Waals surface area contributed by atoms with E-state index in [1.165, 1.54) is 11.0 Å². The molecule has 0 bridgehead atoms. The van der Waals surface area contributed by atoms with E-state index in [9.17, 15) is 14.9 Å². The topological polar surface area (TPSA) is 66.7 Å². The van der Waals surface area contributed by atoms with Gasteiger partial charge in [0, 0.05) is 35.6 Å². The van der Waals surface area contributed by atoms with Crippen molar-refractivity contribution in [1.29, 1.82) is 0 Å². The molecule has 1 aromatic rings. The standard InChI is InChI=1S/C22H28N3O3PS2/c1-5-14(6-2)24-16-13-18(25(27)28)29(7-3)19(16)22(11-8-12-22)17(24)10-9-15-20(26)31-21(30)23(15)4/h9-10,13-14H,5-8,11-12H2,1-4H3/b15-9+,17-10-. The van der Waals surface area contributed by atoms with Crippen molar-refractivity contribution in [1.82, 2.24) is 4.90 Å². The zero-order chi connectivity index (χ0) is 22.5. The quantitative estimate of drug-likeness (QED) is 0.206. The molecule has 3 aliphatic rings. The molecule has 4 rings (SSSR count). The minimum Gasteiger partial charge on any atom is -0.340 e. The molecule has 1 saturated carbocycles. The second-order valence-electron chi connectivity index (χ2n) is 8.33. The summed E-state index contributed by atoms with van der Waals surface area (Å²) < 4.78 is 0.574. The Bertz CT molecular complexity index is 1020. The van der Waals surface area contributed by atoms with Gasteiger partial charge in [0.1, 0.15) is 4.32 Å². The average Bonchev–Trinajstić information content (AvgIpc) is 3.29. The van der Waals surface area contributed by atoms with Crippen LogP contribution in [-0.4, -0.2) is 32.3 Å². The molecule has 166 valence electrons. The number of nitrogens with zero attached hydrogens (tertiary/aromatic N) is 3. The van der Waals surface area contributed by atoms with Crippen LogP contribution in [0.15, 0.2) is 29.6 Å². The maximum absolute atomic E-state index is 12.4. The van der Waals surface area contributed by atoms with Crippen molar-refractivity contribution in [3.8, 4) is 0 Å². The van der Waals surface area contributed by atoms with Crippen LogP contribution in [0.4, 0.5) is 11.1 Å². The molecule has 0 radical (unpaired) electrons. The highest BCUT2D eigenvalue weighted by Gasteiger charge is 2.55. The van der Waals surface area contributed by atoms with Gasteiger partial charge in [-0.05, 0) is 63.3 Å². The average molecular weight is 478 g/mol. The van der Waals surface area contributed by atoms with Gasteiger partial charge in [0.2, 0.25) is 5.12 Å². The molecule has 9 heteroatoms. The maximum Gasteiger partial charge on any atom is 0.287 e. The van der Waals surface area contributed by atoms with E-state index in [0.717, 1.165) is 55.7 Å². The van der Waals surface area contributed by atoms with Gasteiger partial charge in [-0.25, -0.2) is 0 Å². The van der Waals surface area contributed by atoms with E-state index in [1.54, 1.807) is 4.90 Å². The zero-order valence-electron chi connectivity index (χ0n) is 18.4. The Labute approximate surface area is 193 Å². The Morgan fingerprint density at radius 1 is 1.32 bits per heavy atom. The molecule has 6 nitrogen and oxygen atoms in total. The van der Waals surface area contributed by atoms with Crippen molar-refractivity contribution in [2.75, 3.05) is 11.9 Å². The molecule has 1 unspecified atom stereocenters. The third-order valence-electron chi connectivity index (χ3n) is 6.96. The highest BCUT2D eigenvalue weighted by molar-refractivity contribution is 8.33. The molecule has 31 heavy (non-hydrogen) atoms. The Kier molecular flexibility index (Phi) is 6.10. The summed E-state index contributed by atoms with van der Waals surface area (Å²) in [5, 5.41) is 13.1. The van der Waals surface area contributed by atoms with Crippen LogP contribution in [0.2, 0.25) is 0 Å². The van der Waals surface area contributed by atoms with E-state index in [2.05, 4.69) is 31.7 Å². The van der Waals surface area contributed by atoms with Gasteiger partial charge in [-0.2, -0.15) is 0 Å². The molecule has 1 saturated heterocycles. The SMILES string of the molecule is CCC(CC)N1/C(=C\C=C2/C(=O)SC(=S)N2C)C2(CCC2)c2c1cc([N+](=O)[O-])p2CC. The van der Waals surface area contributed by atoms with E-state index < -0.39 is 7.53 Å². The fourth-order valence-electron chi connectivity index (χ4n) is 5.24. The van der Waals surface area contributed by atoms with Gasteiger partial charge in [-0.1, -0.05) is 39.4 Å². The van der Waals surface area contributed by atoms with Gasteiger partial charge in [-0.15, -0.1) is 0 Å². The fraction of sp³-hybridized carbons (Fsp3) is 0.545. The summed E-state index contributed by atoms with van der Waals surface area (Å²) in [7, 11) is 0.905. The van der Waals surface area contributed by atoms with Crippen LogP contribution in [-0.2, 0) is 16.4 Å². The third kappa shape index (κ3) is 3.30. The van der Waals surface area contributed by atoms with Crippen molar-refractivity contribution in [2.45, 2.75) is 70.5 Å². The Morgan fingerprint density at radius 3 is 2.45 bits per heavy atom. The second-order valence-corrected chi connectivity index (χ2v) is 12.3. The molecule has 0 amide bonds. The molecule has 2 fully saturated rings. The summed E-state index contributed by atoms with van der Waals surface area (Å²) in [6.07, 6.45) is 9.90. The number of hydrogen-bond donors (Lipinski definition) is 0. The first-order chi connectivity index (χ1) is 14.8. The Balaban J connectivity index is 1.91. The maximum atomic E-state index is 12.4. The second kappa shape index (κ2) is 8.38. The lowest BCUT2D eigenvalue weighted by atomic mass is 9.66. The van der Waals surface area contributed by atoms with Crippen molar-refractivity contribution < 1.29 is 9.72 Å². The van der Waals surface area contributed by atoms with Crippen LogP contribution in [0, 0.1) is 10.1 Å². The number of likely N-dealkylation sites (N-methyl/N-ethyl adjacent to an activating group) is 1. The number of rotatable bonds is 6. The van der Waals surface area contributed by atoms with Crippen molar-refractivity contribution in [3.63, 3.8) is 0 Å². The predicted molar refractivity (Wildman–Crippen MR) is 133 cm³/mol. The lowest BCUT2D eigenvalue weighted by Crippen LogP contribution is -2.41. The number of carbonyl (C=O) groups is 1. The lowest BCUT2D eigenvalue weighted by Gasteiger charge is -2.43. The lowest BCUT2D eigenvalue weighted by molar-refractivity contribution is -0.380. The summed E-state index contributed by atoms with van der Waals surface area (Å²) in [4.78, 5) is 28.2. The van der Waals surface area contributed by atoms with Crippen LogP contribution in [0.5, 0.6) is 0 Å². The number of thiocarbonyl (C=S) groups is 1. The molecule has 0 aromatic carbocycles. The number of allylic oxidation sites excluding steroid dienone is 3.